The lowest BCUT2D eigenvalue weighted by atomic mass is 10.2. The molecule has 2 amide bonds. The van der Waals surface area contributed by atoms with Crippen molar-refractivity contribution in [3.05, 3.63) is 52.8 Å². The number of likely N-dealkylation sites (tertiary alicyclic amines) is 1. The van der Waals surface area contributed by atoms with Gasteiger partial charge in [-0.05, 0) is 43.2 Å². The highest BCUT2D eigenvalue weighted by atomic mass is 35.5. The first-order chi connectivity index (χ1) is 12.6. The van der Waals surface area contributed by atoms with E-state index in [1.165, 1.54) is 11.3 Å². The zero-order valence-corrected chi connectivity index (χ0v) is 15.3. The molecule has 0 bridgehead atoms. The van der Waals surface area contributed by atoms with E-state index in [2.05, 4.69) is 15.3 Å². The number of benzene rings is 1. The molecule has 6 nitrogen and oxygen atoms in total. The lowest BCUT2D eigenvalue weighted by Gasteiger charge is -2.14. The molecule has 0 saturated carbocycles. The van der Waals surface area contributed by atoms with Crippen molar-refractivity contribution >= 4 is 50.1 Å². The normalized spacial score (nSPS) is 14.0. The number of nitrogens with one attached hydrogen (secondary N) is 1. The lowest BCUT2D eigenvalue weighted by molar-refractivity contribution is 0.0787. The molecule has 1 aliphatic heterocycles. The lowest BCUT2D eigenvalue weighted by Crippen LogP contribution is -2.29. The van der Waals surface area contributed by atoms with Crippen LogP contribution >= 0.6 is 22.9 Å². The Bertz CT molecular complexity index is 998. The van der Waals surface area contributed by atoms with Gasteiger partial charge in [-0.25, -0.2) is 9.97 Å². The van der Waals surface area contributed by atoms with Gasteiger partial charge in [0.05, 0.1) is 10.2 Å². The number of rotatable bonds is 3. The van der Waals surface area contributed by atoms with Crippen LogP contribution < -0.4 is 5.32 Å². The predicted molar refractivity (Wildman–Crippen MR) is 102 cm³/mol. The Balaban J connectivity index is 1.53. The summed E-state index contributed by atoms with van der Waals surface area (Å²) in [5.74, 6) is -0.530. The fraction of sp³-hybridized carbons (Fsp3) is 0.222. The van der Waals surface area contributed by atoms with E-state index in [0.717, 1.165) is 36.1 Å². The smallest absolute Gasteiger partial charge is 0.276 e. The van der Waals surface area contributed by atoms with Crippen molar-refractivity contribution in [2.24, 2.45) is 0 Å². The predicted octanol–water partition coefficient (Wildman–Crippen LogP) is 3.83. The Morgan fingerprint density at radius 3 is 2.65 bits per heavy atom. The van der Waals surface area contributed by atoms with Crippen molar-refractivity contribution in [3.8, 4) is 0 Å². The van der Waals surface area contributed by atoms with Crippen molar-refractivity contribution < 1.29 is 9.59 Å². The van der Waals surface area contributed by atoms with Gasteiger partial charge in [0.1, 0.15) is 11.4 Å². The Kier molecular flexibility index (Phi) is 4.57. The third-order valence-corrected chi connectivity index (χ3v) is 5.33. The molecule has 0 spiro atoms. The number of carbonyl (C=O) groups excluding carboxylic acids is 2. The largest absolute Gasteiger partial charge is 0.337 e. The van der Waals surface area contributed by atoms with E-state index in [1.807, 2.05) is 0 Å². The summed E-state index contributed by atoms with van der Waals surface area (Å²) >= 11 is 7.31. The average Bonchev–Trinajstić information content (AvgIpc) is 3.30. The van der Waals surface area contributed by atoms with Gasteiger partial charge in [-0.3, -0.25) is 14.9 Å². The van der Waals surface area contributed by atoms with Crippen molar-refractivity contribution in [1.82, 2.24) is 14.9 Å². The molecule has 1 fully saturated rings. The molecule has 0 atom stereocenters. The molecule has 0 radical (unpaired) electrons. The fourth-order valence-corrected chi connectivity index (χ4v) is 4.01. The SMILES string of the molecule is O=C(Nc1nc2ccc(Cl)cc2s1)c1cccc(C(=O)N2CCCC2)n1. The summed E-state index contributed by atoms with van der Waals surface area (Å²) in [5.41, 5.74) is 1.24. The summed E-state index contributed by atoms with van der Waals surface area (Å²) in [5, 5.41) is 3.82. The third-order valence-electron chi connectivity index (χ3n) is 4.17. The second kappa shape index (κ2) is 7.01. The number of anilines is 1. The van der Waals surface area contributed by atoms with E-state index in [0.29, 0.717) is 10.2 Å². The van der Waals surface area contributed by atoms with E-state index in [9.17, 15) is 9.59 Å². The monoisotopic (exact) mass is 386 g/mol. The van der Waals surface area contributed by atoms with E-state index in [1.54, 1.807) is 41.3 Å². The number of halogens is 1. The van der Waals surface area contributed by atoms with Crippen LogP contribution in [0.1, 0.15) is 33.8 Å². The summed E-state index contributed by atoms with van der Waals surface area (Å²) in [6.07, 6.45) is 2.01. The number of hydrogen-bond donors (Lipinski definition) is 1. The van der Waals surface area contributed by atoms with Crippen LogP contribution in [-0.2, 0) is 0 Å². The fourth-order valence-electron chi connectivity index (χ4n) is 2.88. The van der Waals surface area contributed by atoms with Gasteiger partial charge in [-0.1, -0.05) is 29.0 Å². The van der Waals surface area contributed by atoms with Crippen molar-refractivity contribution in [1.29, 1.82) is 0 Å². The van der Waals surface area contributed by atoms with E-state index in [-0.39, 0.29) is 17.3 Å². The molecule has 3 heterocycles. The zero-order chi connectivity index (χ0) is 18.1. The van der Waals surface area contributed by atoms with Crippen molar-refractivity contribution in [2.75, 3.05) is 18.4 Å². The van der Waals surface area contributed by atoms with Gasteiger partial charge in [0.15, 0.2) is 5.13 Å². The number of pyridine rings is 1. The Morgan fingerprint density at radius 2 is 1.85 bits per heavy atom. The molecule has 1 aliphatic rings. The van der Waals surface area contributed by atoms with Crippen LogP contribution in [0.4, 0.5) is 5.13 Å². The van der Waals surface area contributed by atoms with Gasteiger partial charge in [0.25, 0.3) is 11.8 Å². The first-order valence-corrected chi connectivity index (χ1v) is 9.43. The molecular formula is C18H15ClN4O2S. The van der Waals surface area contributed by atoms with Crippen LogP contribution in [0.5, 0.6) is 0 Å². The molecule has 8 heteroatoms. The Labute approximate surface area is 158 Å². The van der Waals surface area contributed by atoms with Crippen LogP contribution in [0.3, 0.4) is 0 Å². The first kappa shape index (κ1) is 16.9. The molecule has 26 heavy (non-hydrogen) atoms. The van der Waals surface area contributed by atoms with Crippen LogP contribution in [0, 0.1) is 0 Å². The molecule has 1 N–H and O–H groups in total. The second-order valence-electron chi connectivity index (χ2n) is 5.99. The molecule has 1 aromatic carbocycles. The average molecular weight is 387 g/mol. The minimum Gasteiger partial charge on any atom is -0.337 e. The molecule has 1 saturated heterocycles. The molecule has 132 valence electrons. The maximum Gasteiger partial charge on any atom is 0.276 e. The number of amides is 2. The Morgan fingerprint density at radius 1 is 1.08 bits per heavy atom. The summed E-state index contributed by atoms with van der Waals surface area (Å²) in [4.78, 5) is 35.3. The van der Waals surface area contributed by atoms with E-state index < -0.39 is 5.91 Å². The summed E-state index contributed by atoms with van der Waals surface area (Å²) < 4.78 is 0.888. The van der Waals surface area contributed by atoms with Gasteiger partial charge >= 0.3 is 0 Å². The molecule has 3 aromatic rings. The molecular weight excluding hydrogens is 372 g/mol. The highest BCUT2D eigenvalue weighted by Crippen LogP contribution is 2.28. The van der Waals surface area contributed by atoms with Crippen molar-refractivity contribution in [2.45, 2.75) is 12.8 Å². The van der Waals surface area contributed by atoms with Gasteiger partial charge in [0, 0.05) is 18.1 Å². The zero-order valence-electron chi connectivity index (χ0n) is 13.7. The van der Waals surface area contributed by atoms with Crippen LogP contribution in [0.15, 0.2) is 36.4 Å². The number of thiazole rings is 1. The number of nitrogens with zero attached hydrogens (tertiary/aromatic N) is 3. The molecule has 0 aliphatic carbocycles. The van der Waals surface area contributed by atoms with Gasteiger partial charge in [-0.2, -0.15) is 0 Å². The summed E-state index contributed by atoms with van der Waals surface area (Å²) in [6.45, 7) is 1.48. The number of fused-ring (bicyclic) bond motifs is 1. The van der Waals surface area contributed by atoms with Crippen LogP contribution in [0.2, 0.25) is 5.02 Å². The second-order valence-corrected chi connectivity index (χ2v) is 7.46. The van der Waals surface area contributed by atoms with Gasteiger partial charge < -0.3 is 4.90 Å². The van der Waals surface area contributed by atoms with Crippen LogP contribution in [-0.4, -0.2) is 39.8 Å². The number of aromatic nitrogens is 2. The molecule has 0 unspecified atom stereocenters. The quantitative estimate of drug-likeness (QED) is 0.742. The minimum atomic E-state index is -0.397. The minimum absolute atomic E-state index is 0.133. The number of carbonyl (C=O) groups is 2. The van der Waals surface area contributed by atoms with Crippen LogP contribution in [0.25, 0.3) is 10.2 Å². The maximum atomic E-state index is 12.5. The van der Waals surface area contributed by atoms with Gasteiger partial charge in [-0.15, -0.1) is 0 Å². The molecule has 2 aromatic heterocycles. The topological polar surface area (TPSA) is 75.2 Å². The highest BCUT2D eigenvalue weighted by Gasteiger charge is 2.21. The first-order valence-electron chi connectivity index (χ1n) is 8.24. The highest BCUT2D eigenvalue weighted by molar-refractivity contribution is 7.22. The maximum absolute atomic E-state index is 12.5. The Hall–Kier alpha value is -2.51. The standard InChI is InChI=1S/C18H15ClN4O2S/c19-11-6-7-12-15(10-11)26-18(21-12)22-16(24)13-4-3-5-14(20-13)17(25)23-8-1-2-9-23/h3-7,10H,1-2,8-9H2,(H,21,22,24). The summed E-state index contributed by atoms with van der Waals surface area (Å²) in [7, 11) is 0. The van der Waals surface area contributed by atoms with E-state index >= 15 is 0 Å². The molecule has 4 rings (SSSR count). The summed E-state index contributed by atoms with van der Waals surface area (Å²) in [6, 6.07) is 10.3. The van der Waals surface area contributed by atoms with E-state index in [4.69, 9.17) is 11.6 Å². The van der Waals surface area contributed by atoms with Gasteiger partial charge in [0.2, 0.25) is 0 Å². The number of hydrogen-bond acceptors (Lipinski definition) is 5. The third kappa shape index (κ3) is 3.40. The van der Waals surface area contributed by atoms with Crippen molar-refractivity contribution in [3.63, 3.8) is 0 Å².